The third-order valence-corrected chi connectivity index (χ3v) is 4.28. The van der Waals surface area contributed by atoms with E-state index in [0.29, 0.717) is 12.0 Å². The Morgan fingerprint density at radius 1 is 0.958 bits per heavy atom. The Hall–Kier alpha value is -1.83. The Bertz CT molecular complexity index is 663. The van der Waals surface area contributed by atoms with Gasteiger partial charge >= 0.3 is 0 Å². The monoisotopic (exact) mass is 331 g/mol. The number of benzene rings is 1. The van der Waals surface area contributed by atoms with E-state index in [1.807, 2.05) is 36.4 Å². The van der Waals surface area contributed by atoms with Crippen LogP contribution >= 0.6 is 0 Å². The number of hydrogen-bond donors (Lipinski definition) is 4. The molecule has 1 saturated heterocycles. The van der Waals surface area contributed by atoms with Crippen LogP contribution in [0, 0.1) is 0 Å². The van der Waals surface area contributed by atoms with Crippen LogP contribution in [0.25, 0.3) is 0 Å². The second kappa shape index (κ2) is 7.38. The molecule has 4 N–H and O–H groups in total. The van der Waals surface area contributed by atoms with Crippen molar-refractivity contribution in [3.8, 4) is 0 Å². The number of hydrogen-bond acceptors (Lipinski definition) is 6. The van der Waals surface area contributed by atoms with Gasteiger partial charge in [-0.3, -0.25) is 4.98 Å². The van der Waals surface area contributed by atoms with Gasteiger partial charge in [0.2, 0.25) is 0 Å². The van der Waals surface area contributed by atoms with Crippen LogP contribution in [0.3, 0.4) is 0 Å². The van der Waals surface area contributed by atoms with Gasteiger partial charge in [-0.15, -0.1) is 0 Å². The van der Waals surface area contributed by atoms with E-state index in [9.17, 15) is 20.4 Å². The Morgan fingerprint density at radius 3 is 2.50 bits per heavy atom. The smallest absolute Gasteiger partial charge is 0.113 e. The zero-order valence-electron chi connectivity index (χ0n) is 13.1. The molecule has 1 aromatic heterocycles. The van der Waals surface area contributed by atoms with Crippen molar-refractivity contribution in [2.75, 3.05) is 6.61 Å². The summed E-state index contributed by atoms with van der Waals surface area (Å²) >= 11 is 0. The number of aliphatic hydroxyl groups is 4. The van der Waals surface area contributed by atoms with Crippen molar-refractivity contribution in [3.63, 3.8) is 0 Å². The van der Waals surface area contributed by atoms with Crippen LogP contribution in [0.1, 0.15) is 22.9 Å². The predicted molar refractivity (Wildman–Crippen MR) is 86.2 cm³/mol. The lowest BCUT2D eigenvalue weighted by Crippen LogP contribution is -2.55. The van der Waals surface area contributed by atoms with Crippen LogP contribution in [0.2, 0.25) is 0 Å². The Balaban J connectivity index is 1.82. The highest BCUT2D eigenvalue weighted by Gasteiger charge is 2.43. The normalized spacial score (nSPS) is 30.2. The summed E-state index contributed by atoms with van der Waals surface area (Å²) in [6.07, 6.45) is -3.36. The van der Waals surface area contributed by atoms with Gasteiger partial charge in [0, 0.05) is 18.3 Å². The highest BCUT2D eigenvalue weighted by molar-refractivity contribution is 5.29. The average Bonchev–Trinajstić information content (AvgIpc) is 2.61. The van der Waals surface area contributed by atoms with E-state index in [2.05, 4.69) is 4.98 Å². The molecule has 1 aliphatic heterocycles. The quantitative estimate of drug-likeness (QED) is 0.638. The second-order valence-electron chi connectivity index (χ2n) is 5.99. The number of aromatic nitrogens is 1. The lowest BCUT2D eigenvalue weighted by molar-refractivity contribution is -0.231. The van der Waals surface area contributed by atoms with Gasteiger partial charge in [-0.1, -0.05) is 30.3 Å². The van der Waals surface area contributed by atoms with Crippen molar-refractivity contribution in [2.24, 2.45) is 0 Å². The lowest BCUT2D eigenvalue weighted by atomic mass is 9.90. The maximum absolute atomic E-state index is 10.2. The number of pyridine rings is 1. The van der Waals surface area contributed by atoms with E-state index >= 15 is 0 Å². The van der Waals surface area contributed by atoms with Crippen molar-refractivity contribution in [3.05, 3.63) is 65.5 Å². The maximum atomic E-state index is 10.2. The first-order valence-electron chi connectivity index (χ1n) is 7.89. The summed E-state index contributed by atoms with van der Waals surface area (Å²) < 4.78 is 5.60. The van der Waals surface area contributed by atoms with E-state index in [1.54, 1.807) is 12.3 Å². The SMILES string of the molecule is OCC1O[C@@H](c2cccc(Cc3ccccn3)c2)[C@H](O)[C@@H](O)[C@@H]1O. The topological polar surface area (TPSA) is 103 Å². The average molecular weight is 331 g/mol. The molecule has 6 heteroatoms. The molecule has 2 heterocycles. The fourth-order valence-corrected chi connectivity index (χ4v) is 2.97. The van der Waals surface area contributed by atoms with E-state index in [0.717, 1.165) is 11.3 Å². The summed E-state index contributed by atoms with van der Waals surface area (Å²) in [5.74, 6) is 0. The number of rotatable bonds is 4. The van der Waals surface area contributed by atoms with Crippen molar-refractivity contribution < 1.29 is 25.2 Å². The molecule has 0 spiro atoms. The summed E-state index contributed by atoms with van der Waals surface area (Å²) in [5.41, 5.74) is 2.59. The molecule has 1 aliphatic rings. The largest absolute Gasteiger partial charge is 0.394 e. The molecule has 0 aliphatic carbocycles. The molecule has 24 heavy (non-hydrogen) atoms. The standard InChI is InChI=1S/C18H21NO5/c20-10-14-15(21)16(22)17(23)18(24-14)12-5-3-4-11(8-12)9-13-6-1-2-7-19-13/h1-8,14-18,20-23H,9-10H2/t14?,15-,16+,17-,18+/m1/s1. The summed E-state index contributed by atoms with van der Waals surface area (Å²) in [4.78, 5) is 4.29. The minimum Gasteiger partial charge on any atom is -0.394 e. The van der Waals surface area contributed by atoms with Crippen LogP contribution in [0.15, 0.2) is 48.7 Å². The third-order valence-electron chi connectivity index (χ3n) is 4.28. The van der Waals surface area contributed by atoms with Crippen molar-refractivity contribution >= 4 is 0 Å². The molecule has 3 rings (SSSR count). The van der Waals surface area contributed by atoms with Crippen LogP contribution in [-0.4, -0.2) is 56.4 Å². The minimum atomic E-state index is -1.37. The van der Waals surface area contributed by atoms with Crippen molar-refractivity contribution in [1.82, 2.24) is 4.98 Å². The zero-order chi connectivity index (χ0) is 17.1. The van der Waals surface area contributed by atoms with E-state index < -0.39 is 37.1 Å². The number of aliphatic hydroxyl groups excluding tert-OH is 4. The zero-order valence-corrected chi connectivity index (χ0v) is 13.1. The maximum Gasteiger partial charge on any atom is 0.113 e. The van der Waals surface area contributed by atoms with E-state index in [4.69, 9.17) is 4.74 Å². The van der Waals surface area contributed by atoms with Gasteiger partial charge in [0.25, 0.3) is 0 Å². The fraction of sp³-hybridized carbons (Fsp3) is 0.389. The van der Waals surface area contributed by atoms with Gasteiger partial charge < -0.3 is 25.2 Å². The van der Waals surface area contributed by atoms with Gasteiger partial charge in [0.05, 0.1) is 6.61 Å². The van der Waals surface area contributed by atoms with Crippen LogP contribution < -0.4 is 0 Å². The van der Waals surface area contributed by atoms with Gasteiger partial charge in [-0.25, -0.2) is 0 Å². The number of ether oxygens (including phenoxy) is 1. The molecule has 5 atom stereocenters. The van der Waals surface area contributed by atoms with Gasteiger partial charge in [0.1, 0.15) is 30.5 Å². The molecule has 6 nitrogen and oxygen atoms in total. The molecular weight excluding hydrogens is 310 g/mol. The molecule has 2 aromatic rings. The van der Waals surface area contributed by atoms with Crippen LogP contribution in [0.4, 0.5) is 0 Å². The van der Waals surface area contributed by atoms with Gasteiger partial charge in [0.15, 0.2) is 0 Å². The fourth-order valence-electron chi connectivity index (χ4n) is 2.97. The van der Waals surface area contributed by atoms with Gasteiger partial charge in [-0.2, -0.15) is 0 Å². The molecule has 0 bridgehead atoms. The Labute approximate surface area is 140 Å². The molecule has 128 valence electrons. The highest BCUT2D eigenvalue weighted by Crippen LogP contribution is 2.32. The van der Waals surface area contributed by atoms with Crippen LogP contribution in [0.5, 0.6) is 0 Å². The second-order valence-corrected chi connectivity index (χ2v) is 5.99. The van der Waals surface area contributed by atoms with E-state index in [1.165, 1.54) is 0 Å². The van der Waals surface area contributed by atoms with E-state index in [-0.39, 0.29) is 0 Å². The molecular formula is C18H21NO5. The third kappa shape index (κ3) is 3.48. The molecule has 0 saturated carbocycles. The summed E-state index contributed by atoms with van der Waals surface area (Å²) in [6.45, 7) is -0.435. The lowest BCUT2D eigenvalue weighted by Gasteiger charge is -2.40. The number of nitrogens with zero attached hydrogens (tertiary/aromatic N) is 1. The molecule has 1 aromatic carbocycles. The Morgan fingerprint density at radius 2 is 1.79 bits per heavy atom. The summed E-state index contributed by atoms with van der Waals surface area (Å²) in [6, 6.07) is 13.2. The summed E-state index contributed by atoms with van der Waals surface area (Å²) in [7, 11) is 0. The highest BCUT2D eigenvalue weighted by atomic mass is 16.5. The van der Waals surface area contributed by atoms with Gasteiger partial charge in [-0.05, 0) is 23.3 Å². The first-order chi connectivity index (χ1) is 11.6. The molecule has 1 fully saturated rings. The van der Waals surface area contributed by atoms with Crippen LogP contribution in [-0.2, 0) is 11.2 Å². The first kappa shape index (κ1) is 17.0. The predicted octanol–water partition coefficient (Wildman–Crippen LogP) is 0.187. The van der Waals surface area contributed by atoms with Crippen molar-refractivity contribution in [1.29, 1.82) is 0 Å². The minimum absolute atomic E-state index is 0.435. The summed E-state index contributed by atoms with van der Waals surface area (Å²) in [5, 5.41) is 39.3. The Kier molecular flexibility index (Phi) is 5.23. The molecule has 0 amide bonds. The first-order valence-corrected chi connectivity index (χ1v) is 7.89. The molecule has 0 radical (unpaired) electrons. The molecule has 1 unspecified atom stereocenters. The van der Waals surface area contributed by atoms with Crippen molar-refractivity contribution in [2.45, 2.75) is 36.9 Å².